The molecule has 0 aliphatic heterocycles. The molecule has 1 aliphatic rings. The maximum absolute atomic E-state index is 5.75. The summed E-state index contributed by atoms with van der Waals surface area (Å²) in [4.78, 5) is 0. The standard InChI is InChI=1S/C21H34O2/c1-4-6-7-8-18-9-11-19(12-10-18)20-13-15-21(16-14-20)23-17(3)22-5-2/h13-19H,4-12H2,1-3H3. The average Bonchev–Trinajstić information content (AvgIpc) is 2.57. The van der Waals surface area contributed by atoms with Crippen molar-refractivity contribution in [3.05, 3.63) is 29.8 Å². The Labute approximate surface area is 142 Å². The highest BCUT2D eigenvalue weighted by Gasteiger charge is 2.22. The van der Waals surface area contributed by atoms with E-state index in [-0.39, 0.29) is 6.29 Å². The molecule has 130 valence electrons. The van der Waals surface area contributed by atoms with Gasteiger partial charge in [-0.05, 0) is 69.1 Å². The highest BCUT2D eigenvalue weighted by molar-refractivity contribution is 5.29. The number of ether oxygens (including phenoxy) is 2. The van der Waals surface area contributed by atoms with Gasteiger partial charge in [-0.15, -0.1) is 0 Å². The van der Waals surface area contributed by atoms with Gasteiger partial charge in [0.1, 0.15) is 5.75 Å². The number of benzene rings is 1. The van der Waals surface area contributed by atoms with Crippen LogP contribution in [0.5, 0.6) is 5.75 Å². The van der Waals surface area contributed by atoms with Gasteiger partial charge in [-0.25, -0.2) is 0 Å². The molecule has 0 aromatic heterocycles. The summed E-state index contributed by atoms with van der Waals surface area (Å²) in [5.74, 6) is 2.63. The molecule has 1 unspecified atom stereocenters. The molecule has 0 saturated heterocycles. The van der Waals surface area contributed by atoms with Crippen LogP contribution in [0.3, 0.4) is 0 Å². The van der Waals surface area contributed by atoms with E-state index in [2.05, 4.69) is 31.2 Å². The zero-order valence-corrected chi connectivity index (χ0v) is 15.2. The zero-order chi connectivity index (χ0) is 16.5. The van der Waals surface area contributed by atoms with Crippen molar-refractivity contribution < 1.29 is 9.47 Å². The van der Waals surface area contributed by atoms with Gasteiger partial charge >= 0.3 is 0 Å². The Morgan fingerprint density at radius 2 is 1.70 bits per heavy atom. The lowest BCUT2D eigenvalue weighted by Crippen LogP contribution is -2.16. The van der Waals surface area contributed by atoms with Crippen LogP contribution in [0.15, 0.2) is 24.3 Å². The Morgan fingerprint density at radius 1 is 1.00 bits per heavy atom. The van der Waals surface area contributed by atoms with Gasteiger partial charge in [0.05, 0.1) is 0 Å². The molecule has 1 aliphatic carbocycles. The lowest BCUT2D eigenvalue weighted by molar-refractivity contribution is -0.0613. The second-order valence-corrected chi connectivity index (χ2v) is 6.92. The van der Waals surface area contributed by atoms with Crippen molar-refractivity contribution in [3.63, 3.8) is 0 Å². The van der Waals surface area contributed by atoms with Crippen LogP contribution in [0.1, 0.15) is 83.6 Å². The van der Waals surface area contributed by atoms with Crippen molar-refractivity contribution in [1.29, 1.82) is 0 Å². The first-order chi connectivity index (χ1) is 11.2. The van der Waals surface area contributed by atoms with E-state index >= 15 is 0 Å². The van der Waals surface area contributed by atoms with Crippen LogP contribution in [0.4, 0.5) is 0 Å². The molecule has 1 fully saturated rings. The minimum absolute atomic E-state index is 0.176. The molecule has 1 saturated carbocycles. The van der Waals surface area contributed by atoms with Crippen molar-refractivity contribution in [3.8, 4) is 5.75 Å². The van der Waals surface area contributed by atoms with Gasteiger partial charge in [0.2, 0.25) is 0 Å². The minimum atomic E-state index is -0.176. The molecular formula is C21H34O2. The maximum atomic E-state index is 5.75. The largest absolute Gasteiger partial charge is 0.465 e. The number of unbranched alkanes of at least 4 members (excludes halogenated alkanes) is 2. The van der Waals surface area contributed by atoms with Crippen LogP contribution in [0, 0.1) is 5.92 Å². The van der Waals surface area contributed by atoms with Crippen molar-refractivity contribution in [2.75, 3.05) is 6.61 Å². The summed E-state index contributed by atoms with van der Waals surface area (Å²) in [6, 6.07) is 8.68. The van der Waals surface area contributed by atoms with Crippen molar-refractivity contribution in [1.82, 2.24) is 0 Å². The smallest absolute Gasteiger partial charge is 0.196 e. The lowest BCUT2D eigenvalue weighted by atomic mass is 9.77. The molecule has 1 atom stereocenters. The van der Waals surface area contributed by atoms with Crippen molar-refractivity contribution >= 4 is 0 Å². The van der Waals surface area contributed by atoms with Crippen LogP contribution in [-0.4, -0.2) is 12.9 Å². The molecule has 0 spiro atoms. The molecule has 0 amide bonds. The van der Waals surface area contributed by atoms with E-state index in [0.717, 1.165) is 17.6 Å². The summed E-state index contributed by atoms with van der Waals surface area (Å²) >= 11 is 0. The maximum Gasteiger partial charge on any atom is 0.196 e. The van der Waals surface area contributed by atoms with E-state index in [4.69, 9.17) is 9.47 Å². The number of hydrogen-bond donors (Lipinski definition) is 0. The molecule has 2 nitrogen and oxygen atoms in total. The fourth-order valence-electron chi connectivity index (χ4n) is 3.75. The molecule has 1 aromatic rings. The van der Waals surface area contributed by atoms with Crippen LogP contribution in [0.25, 0.3) is 0 Å². The Hall–Kier alpha value is -1.02. The summed E-state index contributed by atoms with van der Waals surface area (Å²) < 4.78 is 11.2. The fourth-order valence-corrected chi connectivity index (χ4v) is 3.75. The first-order valence-corrected chi connectivity index (χ1v) is 9.61. The van der Waals surface area contributed by atoms with Gasteiger partial charge in [0.15, 0.2) is 6.29 Å². The summed E-state index contributed by atoms with van der Waals surface area (Å²) in [5.41, 5.74) is 1.48. The van der Waals surface area contributed by atoms with Gasteiger partial charge in [-0.3, -0.25) is 0 Å². The van der Waals surface area contributed by atoms with Crippen LogP contribution < -0.4 is 4.74 Å². The summed E-state index contributed by atoms with van der Waals surface area (Å²) in [6.45, 7) is 6.90. The second-order valence-electron chi connectivity index (χ2n) is 6.92. The second kappa shape index (κ2) is 9.97. The molecule has 0 bridgehead atoms. The van der Waals surface area contributed by atoms with E-state index in [0.29, 0.717) is 6.61 Å². The number of rotatable bonds is 9. The predicted octanol–water partition coefficient (Wildman–Crippen LogP) is 6.30. The number of hydrogen-bond acceptors (Lipinski definition) is 2. The van der Waals surface area contributed by atoms with Crippen molar-refractivity contribution in [2.45, 2.75) is 84.3 Å². The van der Waals surface area contributed by atoms with E-state index in [9.17, 15) is 0 Å². The Morgan fingerprint density at radius 3 is 2.30 bits per heavy atom. The van der Waals surface area contributed by atoms with Gasteiger partial charge in [0.25, 0.3) is 0 Å². The average molecular weight is 319 g/mol. The molecule has 0 radical (unpaired) electrons. The van der Waals surface area contributed by atoms with Crippen molar-refractivity contribution in [2.24, 2.45) is 5.92 Å². The highest BCUT2D eigenvalue weighted by atomic mass is 16.7. The van der Waals surface area contributed by atoms with Gasteiger partial charge < -0.3 is 9.47 Å². The minimum Gasteiger partial charge on any atom is -0.465 e. The molecule has 0 heterocycles. The third-order valence-electron chi connectivity index (χ3n) is 5.12. The molecule has 2 rings (SSSR count). The van der Waals surface area contributed by atoms with Crippen LogP contribution in [0.2, 0.25) is 0 Å². The molecule has 2 heteroatoms. The summed E-state index contributed by atoms with van der Waals surface area (Å²) in [6.07, 6.45) is 11.0. The van der Waals surface area contributed by atoms with E-state index in [1.165, 1.54) is 56.9 Å². The quantitative estimate of drug-likeness (QED) is 0.393. The molecule has 23 heavy (non-hydrogen) atoms. The monoisotopic (exact) mass is 318 g/mol. The SMILES string of the molecule is CCCCCC1CCC(c2ccc(OC(C)OCC)cc2)CC1. The zero-order valence-electron chi connectivity index (χ0n) is 15.2. The Balaban J connectivity index is 1.77. The molecular weight excluding hydrogens is 284 g/mol. The third-order valence-corrected chi connectivity index (χ3v) is 5.12. The Bertz CT molecular complexity index is 418. The van der Waals surface area contributed by atoms with Gasteiger partial charge in [-0.2, -0.15) is 0 Å². The first-order valence-electron chi connectivity index (χ1n) is 9.61. The third kappa shape index (κ3) is 6.18. The normalized spacial score (nSPS) is 22.7. The molecule has 0 N–H and O–H groups in total. The topological polar surface area (TPSA) is 18.5 Å². The van der Waals surface area contributed by atoms with Crippen LogP contribution >= 0.6 is 0 Å². The fraction of sp³-hybridized carbons (Fsp3) is 0.714. The van der Waals surface area contributed by atoms with E-state index in [1.807, 2.05) is 13.8 Å². The first kappa shape index (κ1) is 18.3. The molecule has 1 aromatic carbocycles. The van der Waals surface area contributed by atoms with Gasteiger partial charge in [-0.1, -0.05) is 44.7 Å². The summed E-state index contributed by atoms with van der Waals surface area (Å²) in [5, 5.41) is 0. The predicted molar refractivity (Wildman–Crippen MR) is 97.0 cm³/mol. The van der Waals surface area contributed by atoms with Gasteiger partial charge in [0, 0.05) is 6.61 Å². The van der Waals surface area contributed by atoms with E-state index < -0.39 is 0 Å². The van der Waals surface area contributed by atoms with E-state index in [1.54, 1.807) is 0 Å². The lowest BCUT2D eigenvalue weighted by Gasteiger charge is -2.29. The van der Waals surface area contributed by atoms with Crippen LogP contribution in [-0.2, 0) is 4.74 Å². The summed E-state index contributed by atoms with van der Waals surface area (Å²) in [7, 11) is 0. The Kier molecular flexibility index (Phi) is 7.94. The highest BCUT2D eigenvalue weighted by Crippen LogP contribution is 2.38.